The smallest absolute Gasteiger partial charge is 0.257 e. The average molecular weight is 271 g/mol. The topological polar surface area (TPSA) is 54.0 Å². The number of pyridine rings is 1. The summed E-state index contributed by atoms with van der Waals surface area (Å²) < 4.78 is 13.0. The Morgan fingerprint density at radius 1 is 1.30 bits per heavy atom. The first-order valence-corrected chi connectivity index (χ1v) is 6.51. The van der Waals surface area contributed by atoms with Crippen LogP contribution in [0.25, 0.3) is 0 Å². The predicted octanol–water partition coefficient (Wildman–Crippen LogP) is 2.83. The Morgan fingerprint density at radius 2 is 2.20 bits per heavy atom. The van der Waals surface area contributed by atoms with Crippen molar-refractivity contribution in [3.8, 4) is 0 Å². The van der Waals surface area contributed by atoms with E-state index in [0.29, 0.717) is 5.69 Å². The van der Waals surface area contributed by atoms with Crippen molar-refractivity contribution >= 4 is 17.3 Å². The lowest BCUT2D eigenvalue weighted by Crippen LogP contribution is -2.15. The van der Waals surface area contributed by atoms with Crippen LogP contribution in [0.3, 0.4) is 0 Å². The maximum atomic E-state index is 13.0. The van der Waals surface area contributed by atoms with Crippen LogP contribution < -0.4 is 10.6 Å². The number of rotatable bonds is 2. The van der Waals surface area contributed by atoms with Crippen molar-refractivity contribution in [1.82, 2.24) is 4.98 Å². The molecule has 0 atom stereocenters. The van der Waals surface area contributed by atoms with Crippen LogP contribution in [-0.2, 0) is 6.42 Å². The third-order valence-electron chi connectivity index (χ3n) is 3.27. The summed E-state index contributed by atoms with van der Waals surface area (Å²) in [5.41, 5.74) is 3.19. The summed E-state index contributed by atoms with van der Waals surface area (Å²) in [6, 6.07) is 6.93. The summed E-state index contributed by atoms with van der Waals surface area (Å²) in [7, 11) is 0. The molecule has 0 saturated carbocycles. The van der Waals surface area contributed by atoms with Gasteiger partial charge in [0.05, 0.1) is 11.8 Å². The fraction of sp³-hybridized carbons (Fsp3) is 0.200. The maximum Gasteiger partial charge on any atom is 0.257 e. The largest absolute Gasteiger partial charge is 0.385 e. The molecule has 0 spiro atoms. The maximum absolute atomic E-state index is 13.0. The number of anilines is 2. The molecule has 3 rings (SSSR count). The summed E-state index contributed by atoms with van der Waals surface area (Å²) in [4.78, 5) is 15.7. The van der Waals surface area contributed by atoms with Gasteiger partial charge < -0.3 is 10.6 Å². The molecular formula is C15H14FN3O. The first-order chi connectivity index (χ1) is 9.72. The number of nitrogens with one attached hydrogen (secondary N) is 2. The van der Waals surface area contributed by atoms with Gasteiger partial charge in [0.25, 0.3) is 5.91 Å². The minimum absolute atomic E-state index is 0.204. The Kier molecular flexibility index (Phi) is 3.33. The Hall–Kier alpha value is -2.43. The molecule has 2 aromatic rings. The minimum atomic E-state index is -0.523. The molecule has 0 aliphatic carbocycles. The van der Waals surface area contributed by atoms with Gasteiger partial charge in [0.15, 0.2) is 0 Å². The molecule has 1 aliphatic heterocycles. The van der Waals surface area contributed by atoms with Gasteiger partial charge >= 0.3 is 0 Å². The zero-order chi connectivity index (χ0) is 13.9. The number of aromatic nitrogens is 1. The number of halogens is 1. The van der Waals surface area contributed by atoms with Gasteiger partial charge in [-0.3, -0.25) is 9.78 Å². The fourth-order valence-corrected chi connectivity index (χ4v) is 2.28. The Bertz CT molecular complexity index is 657. The lowest BCUT2D eigenvalue weighted by molar-refractivity contribution is 0.102. The SMILES string of the molecule is O=C(Nc1ccc2c(c1)NCCC2)c1cncc(F)c1. The molecule has 1 aliphatic rings. The van der Waals surface area contributed by atoms with Gasteiger partial charge in [-0.2, -0.15) is 0 Å². The highest BCUT2D eigenvalue weighted by Gasteiger charge is 2.11. The molecule has 0 unspecified atom stereocenters. The number of hydrogen-bond acceptors (Lipinski definition) is 3. The highest BCUT2D eigenvalue weighted by molar-refractivity contribution is 6.04. The first-order valence-electron chi connectivity index (χ1n) is 6.51. The van der Waals surface area contributed by atoms with Gasteiger partial charge in [-0.15, -0.1) is 0 Å². The van der Waals surface area contributed by atoms with Crippen molar-refractivity contribution < 1.29 is 9.18 Å². The number of benzene rings is 1. The minimum Gasteiger partial charge on any atom is -0.385 e. The summed E-state index contributed by atoms with van der Waals surface area (Å²) >= 11 is 0. The Morgan fingerprint density at radius 3 is 3.05 bits per heavy atom. The van der Waals surface area contributed by atoms with Crippen LogP contribution in [-0.4, -0.2) is 17.4 Å². The van der Waals surface area contributed by atoms with Crippen molar-refractivity contribution in [2.75, 3.05) is 17.2 Å². The first kappa shape index (κ1) is 12.6. The summed E-state index contributed by atoms with van der Waals surface area (Å²) in [5, 5.41) is 6.05. The predicted molar refractivity (Wildman–Crippen MR) is 75.4 cm³/mol. The van der Waals surface area contributed by atoms with Crippen molar-refractivity contribution in [2.24, 2.45) is 0 Å². The molecule has 0 radical (unpaired) electrons. The summed E-state index contributed by atoms with van der Waals surface area (Å²) in [5.74, 6) is -0.891. The molecule has 2 heterocycles. The van der Waals surface area contributed by atoms with E-state index < -0.39 is 5.82 Å². The van der Waals surface area contributed by atoms with Crippen LogP contribution in [0.1, 0.15) is 22.3 Å². The second-order valence-corrected chi connectivity index (χ2v) is 4.75. The number of fused-ring (bicyclic) bond motifs is 1. The zero-order valence-corrected chi connectivity index (χ0v) is 10.8. The molecular weight excluding hydrogens is 257 g/mol. The van der Waals surface area contributed by atoms with Crippen LogP contribution in [0.5, 0.6) is 0 Å². The van der Waals surface area contributed by atoms with Crippen molar-refractivity contribution in [3.63, 3.8) is 0 Å². The second kappa shape index (κ2) is 5.28. The summed E-state index contributed by atoms with van der Waals surface area (Å²) in [6.07, 6.45) is 4.58. The molecule has 102 valence electrons. The van der Waals surface area contributed by atoms with E-state index in [4.69, 9.17) is 0 Å². The van der Waals surface area contributed by atoms with E-state index in [9.17, 15) is 9.18 Å². The highest BCUT2D eigenvalue weighted by Crippen LogP contribution is 2.25. The lowest BCUT2D eigenvalue weighted by atomic mass is 10.0. The quantitative estimate of drug-likeness (QED) is 0.883. The van der Waals surface area contributed by atoms with Crippen molar-refractivity contribution in [3.05, 3.63) is 53.6 Å². The van der Waals surface area contributed by atoms with E-state index in [1.54, 1.807) is 0 Å². The van der Waals surface area contributed by atoms with Gasteiger partial charge in [-0.05, 0) is 36.6 Å². The average Bonchev–Trinajstić information content (AvgIpc) is 2.47. The Balaban J connectivity index is 1.79. The van der Waals surface area contributed by atoms with E-state index >= 15 is 0 Å². The summed E-state index contributed by atoms with van der Waals surface area (Å²) in [6.45, 7) is 0.943. The number of carbonyl (C=O) groups is 1. The van der Waals surface area contributed by atoms with Gasteiger partial charge in [0, 0.05) is 24.1 Å². The normalized spacial score (nSPS) is 13.2. The lowest BCUT2D eigenvalue weighted by Gasteiger charge is -2.18. The monoisotopic (exact) mass is 271 g/mol. The third-order valence-corrected chi connectivity index (χ3v) is 3.27. The number of hydrogen-bond donors (Lipinski definition) is 2. The number of amides is 1. The van der Waals surface area contributed by atoms with E-state index in [0.717, 1.165) is 31.3 Å². The van der Waals surface area contributed by atoms with Crippen LogP contribution in [0.2, 0.25) is 0 Å². The van der Waals surface area contributed by atoms with E-state index in [1.807, 2.05) is 18.2 Å². The molecule has 20 heavy (non-hydrogen) atoms. The van der Waals surface area contributed by atoms with Crippen LogP contribution in [0.15, 0.2) is 36.7 Å². The molecule has 1 amide bonds. The number of aryl methyl sites for hydroxylation is 1. The van der Waals surface area contributed by atoms with E-state index in [1.165, 1.54) is 17.8 Å². The van der Waals surface area contributed by atoms with Crippen molar-refractivity contribution in [1.29, 1.82) is 0 Å². The molecule has 0 bridgehead atoms. The van der Waals surface area contributed by atoms with Crippen LogP contribution in [0, 0.1) is 5.82 Å². The van der Waals surface area contributed by atoms with Crippen LogP contribution in [0.4, 0.5) is 15.8 Å². The molecule has 1 aromatic carbocycles. The fourth-order valence-electron chi connectivity index (χ4n) is 2.28. The van der Waals surface area contributed by atoms with Crippen LogP contribution >= 0.6 is 0 Å². The van der Waals surface area contributed by atoms with Gasteiger partial charge in [-0.1, -0.05) is 6.07 Å². The highest BCUT2D eigenvalue weighted by atomic mass is 19.1. The number of nitrogens with zero attached hydrogens (tertiary/aromatic N) is 1. The molecule has 1 aromatic heterocycles. The standard InChI is InChI=1S/C15H14FN3O/c16-12-6-11(8-17-9-12)15(20)19-13-4-3-10-2-1-5-18-14(10)7-13/h3-4,6-9,18H,1-2,5H2,(H,19,20). The zero-order valence-electron chi connectivity index (χ0n) is 10.8. The van der Waals surface area contributed by atoms with Gasteiger partial charge in [0.1, 0.15) is 5.82 Å². The molecule has 0 saturated heterocycles. The Labute approximate surface area is 116 Å². The van der Waals surface area contributed by atoms with E-state index in [-0.39, 0.29) is 11.5 Å². The van der Waals surface area contributed by atoms with Crippen molar-refractivity contribution in [2.45, 2.75) is 12.8 Å². The molecule has 4 nitrogen and oxygen atoms in total. The third kappa shape index (κ3) is 2.61. The molecule has 0 fully saturated rings. The van der Waals surface area contributed by atoms with Gasteiger partial charge in [0.2, 0.25) is 0 Å². The molecule has 5 heteroatoms. The molecule has 2 N–H and O–H groups in total. The second-order valence-electron chi connectivity index (χ2n) is 4.75. The van der Waals surface area contributed by atoms with E-state index in [2.05, 4.69) is 15.6 Å². The van der Waals surface area contributed by atoms with Gasteiger partial charge in [-0.25, -0.2) is 4.39 Å². The number of carbonyl (C=O) groups excluding carboxylic acids is 1.